The minimum atomic E-state index is -4.41. The summed E-state index contributed by atoms with van der Waals surface area (Å²) in [5, 5.41) is 19.9. The molecule has 7 heterocycles. The number of fused-ring (bicyclic) bond motifs is 6. The molecule has 7 aliphatic rings. The molecule has 7 rings (SSSR count). The Morgan fingerprint density at radius 2 is 1.20 bits per heavy atom. The van der Waals surface area contributed by atoms with Gasteiger partial charge in [-0.15, -0.1) is 0 Å². The van der Waals surface area contributed by atoms with Crippen molar-refractivity contribution in [1.82, 2.24) is 20.4 Å². The third-order valence-corrected chi connectivity index (χ3v) is 10.6. The summed E-state index contributed by atoms with van der Waals surface area (Å²) >= 11 is 10.2. The van der Waals surface area contributed by atoms with Crippen LogP contribution < -0.4 is 10.6 Å². The Hall–Kier alpha value is -2.60. The molecule has 3 saturated heterocycles. The number of ether oxygens (including phenoxy) is 2. The van der Waals surface area contributed by atoms with Crippen LogP contribution in [0.1, 0.15) is 0 Å². The zero-order valence-corrected chi connectivity index (χ0v) is 26.1. The maximum absolute atomic E-state index is 15.9. The van der Waals surface area contributed by atoms with Crippen LogP contribution >= 0.6 is 13.4 Å². The van der Waals surface area contributed by atoms with E-state index in [0.717, 1.165) is 22.5 Å². The topological polar surface area (TPSA) is 258 Å². The molecule has 0 aromatic carbocycles. The average Bonchev–Trinajstić information content (AvgIpc) is 3.72. The van der Waals surface area contributed by atoms with E-state index < -0.39 is 112 Å². The number of alkyl halides is 2. The summed E-state index contributed by atoms with van der Waals surface area (Å²) in [7, 11) is 0. The smallest absolute Gasteiger partial charge is 0.325 e. The molecule has 46 heavy (non-hydrogen) atoms. The Kier molecular flexibility index (Phi) is 8.01. The van der Waals surface area contributed by atoms with Crippen molar-refractivity contribution in [1.29, 1.82) is 10.8 Å². The van der Waals surface area contributed by atoms with Crippen LogP contribution in [0, 0.1) is 10.8 Å². The van der Waals surface area contributed by atoms with Crippen LogP contribution in [-0.4, -0.2) is 142 Å². The van der Waals surface area contributed by atoms with E-state index in [0.29, 0.717) is 0 Å². The number of aliphatic imine (C=N–C) groups is 4. The molecular weight excluding hydrogens is 704 g/mol. The molecule has 7 aliphatic heterocycles. The fraction of sp³-hybridized carbons (Fsp3) is 0.600. The van der Waals surface area contributed by atoms with E-state index in [1.54, 1.807) is 0 Å². The normalized spacial score (nSPS) is 45.6. The summed E-state index contributed by atoms with van der Waals surface area (Å²) in [5.74, 6) is -2.55. The second kappa shape index (κ2) is 11.5. The molecule has 6 N–H and O–H groups in total. The molecule has 0 aromatic rings. The fourth-order valence-corrected chi connectivity index (χ4v) is 8.31. The molecular formula is C20H22F2N10O10P2S2. The Labute approximate surface area is 266 Å². The molecule has 20 nitrogen and oxygen atoms in total. The van der Waals surface area contributed by atoms with Gasteiger partial charge in [-0.3, -0.25) is 59.9 Å². The molecule has 4 bridgehead atoms. The first-order chi connectivity index (χ1) is 21.7. The van der Waals surface area contributed by atoms with Crippen LogP contribution in [0.2, 0.25) is 0 Å². The molecule has 2 amide bonds. The van der Waals surface area contributed by atoms with Crippen molar-refractivity contribution in [3.8, 4) is 0 Å². The zero-order valence-electron chi connectivity index (χ0n) is 22.7. The largest absolute Gasteiger partial charge is 0.346 e. The fourth-order valence-electron chi connectivity index (χ4n) is 5.50. The molecule has 12 atom stereocenters. The summed E-state index contributed by atoms with van der Waals surface area (Å²) < 4.78 is 65.3. The highest BCUT2D eigenvalue weighted by molar-refractivity contribution is 8.07. The van der Waals surface area contributed by atoms with Crippen molar-refractivity contribution >= 4 is 85.1 Å². The lowest BCUT2D eigenvalue weighted by Gasteiger charge is -2.32. The molecule has 0 radical (unpaired) electrons. The number of guanidine groups is 2. The summed E-state index contributed by atoms with van der Waals surface area (Å²) in [6, 6.07) is -2.35. The first kappa shape index (κ1) is 32.0. The Bertz CT molecular complexity index is 1520. The van der Waals surface area contributed by atoms with Crippen LogP contribution in [0.15, 0.2) is 20.0 Å². The zero-order chi connectivity index (χ0) is 32.7. The first-order valence-corrected chi connectivity index (χ1v) is 18.4. The summed E-state index contributed by atoms with van der Waals surface area (Å²) in [5.41, 5.74) is 0. The van der Waals surface area contributed by atoms with Gasteiger partial charge in [-0.25, -0.2) is 8.78 Å². The molecule has 248 valence electrons. The Morgan fingerprint density at radius 1 is 0.804 bits per heavy atom. The van der Waals surface area contributed by atoms with Crippen molar-refractivity contribution in [2.75, 3.05) is 13.2 Å². The lowest BCUT2D eigenvalue weighted by Crippen LogP contribution is -2.53. The van der Waals surface area contributed by atoms with Crippen LogP contribution in [0.4, 0.5) is 8.78 Å². The summed E-state index contributed by atoms with van der Waals surface area (Å²) in [6.45, 7) is -10.4. The van der Waals surface area contributed by atoms with E-state index in [4.69, 9.17) is 62.0 Å². The maximum atomic E-state index is 15.9. The van der Waals surface area contributed by atoms with E-state index in [1.807, 2.05) is 0 Å². The van der Waals surface area contributed by atoms with Crippen LogP contribution in [0.3, 0.4) is 0 Å². The van der Waals surface area contributed by atoms with E-state index >= 15 is 8.78 Å². The number of nitrogens with zero attached hydrogens (tertiary/aromatic N) is 6. The van der Waals surface area contributed by atoms with Crippen molar-refractivity contribution in [3.05, 3.63) is 0 Å². The SMILES string of the molecule is N=C1N=C2C(N=CN2[C@@H]2O[C@@H]3COP(O)(=S)O[C@@H]4[C@H](F)[C@@H](COP(O)(=S)O[C@@H]2[C@@H]3F)O[C@H]4N2C=NC3C(=O)NC(=N)N=C32)C(=O)N1. The average molecular weight is 727 g/mol. The molecule has 0 aliphatic carbocycles. The van der Waals surface area contributed by atoms with Crippen molar-refractivity contribution in [2.45, 2.75) is 61.3 Å². The molecule has 0 spiro atoms. The highest BCUT2D eigenvalue weighted by Gasteiger charge is 2.57. The van der Waals surface area contributed by atoms with Gasteiger partial charge in [-0.1, -0.05) is 0 Å². The lowest BCUT2D eigenvalue weighted by atomic mass is 10.1. The van der Waals surface area contributed by atoms with Gasteiger partial charge in [0.05, 0.1) is 25.9 Å². The highest BCUT2D eigenvalue weighted by Crippen LogP contribution is 2.53. The summed E-state index contributed by atoms with van der Waals surface area (Å²) in [6.07, 6.45) is -11.6. The summed E-state index contributed by atoms with van der Waals surface area (Å²) in [4.78, 5) is 64.7. The predicted octanol–water partition coefficient (Wildman–Crippen LogP) is -2.29. The number of amides is 2. The van der Waals surface area contributed by atoms with Crippen LogP contribution in [0.25, 0.3) is 0 Å². The second-order valence-corrected chi connectivity index (χ2v) is 16.0. The third kappa shape index (κ3) is 5.65. The number of nitrogens with one attached hydrogen (secondary N) is 4. The highest BCUT2D eigenvalue weighted by atomic mass is 32.5. The van der Waals surface area contributed by atoms with E-state index in [1.165, 1.54) is 0 Å². The Morgan fingerprint density at radius 3 is 1.59 bits per heavy atom. The van der Waals surface area contributed by atoms with Crippen molar-refractivity contribution in [3.63, 3.8) is 0 Å². The van der Waals surface area contributed by atoms with Gasteiger partial charge in [-0.2, -0.15) is 9.98 Å². The number of hydrogen-bond acceptors (Lipinski definition) is 16. The van der Waals surface area contributed by atoms with Crippen molar-refractivity contribution < 1.29 is 55.7 Å². The minimum absolute atomic E-state index is 0.0956. The molecule has 0 saturated carbocycles. The predicted molar refractivity (Wildman–Crippen MR) is 157 cm³/mol. The minimum Gasteiger partial charge on any atom is -0.346 e. The Balaban J connectivity index is 1.17. The first-order valence-electron chi connectivity index (χ1n) is 13.2. The molecule has 3 fully saturated rings. The molecule has 0 aromatic heterocycles. The van der Waals surface area contributed by atoms with Gasteiger partial charge in [-0.05, 0) is 23.6 Å². The number of carbonyl (C=O) groups excluding carboxylic acids is 2. The van der Waals surface area contributed by atoms with E-state index in [2.05, 4.69) is 30.6 Å². The quantitative estimate of drug-likeness (QED) is 0.164. The van der Waals surface area contributed by atoms with E-state index in [9.17, 15) is 19.4 Å². The van der Waals surface area contributed by atoms with Gasteiger partial charge >= 0.3 is 13.4 Å². The molecule has 26 heteroatoms. The standard InChI is InChI=1S/C20H22F2N10O10P2S2/c21-7-5-1-37-43(35,45)41-12-8(22)6(40-18(12)32-4-26-10-14(32)28-20(24)30-16(10)34)2-38-44(36,46)42-11(7)17(39-5)31-3-25-9-13(31)27-19(23)29-15(9)33/h3-12,17-18H,1-2H2,(H,35,45)(H,36,46)(H2,23,29,33)(H2,24,30,34)/t5-,6-,7-,8-,9?,10?,11-,12-,17-,18-,43?,44?/m1/s1. The lowest BCUT2D eigenvalue weighted by molar-refractivity contribution is -0.120. The van der Waals surface area contributed by atoms with Crippen LogP contribution in [0.5, 0.6) is 0 Å². The number of rotatable bonds is 2. The van der Waals surface area contributed by atoms with Crippen molar-refractivity contribution in [2.24, 2.45) is 20.0 Å². The number of amidine groups is 2. The van der Waals surface area contributed by atoms with Crippen LogP contribution in [-0.2, 0) is 60.8 Å². The van der Waals surface area contributed by atoms with Gasteiger partial charge in [0.1, 0.15) is 24.4 Å². The van der Waals surface area contributed by atoms with Gasteiger partial charge < -0.3 is 28.3 Å². The maximum Gasteiger partial charge on any atom is 0.325 e. The third-order valence-electron chi connectivity index (χ3n) is 7.52. The van der Waals surface area contributed by atoms with Gasteiger partial charge in [0.2, 0.25) is 11.9 Å². The number of halogens is 2. The number of hydrogen-bond donors (Lipinski definition) is 6. The van der Waals surface area contributed by atoms with E-state index in [-0.39, 0.29) is 11.7 Å². The van der Waals surface area contributed by atoms with Gasteiger partial charge in [0, 0.05) is 0 Å². The molecule has 4 unspecified atom stereocenters. The van der Waals surface area contributed by atoms with Gasteiger partial charge in [0.25, 0.3) is 11.8 Å². The van der Waals surface area contributed by atoms with Gasteiger partial charge in [0.15, 0.2) is 48.6 Å². The second-order valence-electron chi connectivity index (χ2n) is 10.5. The monoisotopic (exact) mass is 726 g/mol. The number of carbonyl (C=O) groups is 2.